The van der Waals surface area contributed by atoms with Gasteiger partial charge in [-0.1, -0.05) is 34.1 Å². The van der Waals surface area contributed by atoms with Crippen molar-refractivity contribution in [2.24, 2.45) is 5.92 Å². The van der Waals surface area contributed by atoms with Crippen LogP contribution in [0.3, 0.4) is 0 Å². The summed E-state index contributed by atoms with van der Waals surface area (Å²) in [5.41, 5.74) is 3.98. The molecule has 0 bridgehead atoms. The molecular weight excluding hydrogens is 268 g/mol. The molecule has 3 heteroatoms. The van der Waals surface area contributed by atoms with Crippen LogP contribution in [0.1, 0.15) is 23.1 Å². The molecular formula is C13H15BrO2. The quantitative estimate of drug-likeness (QED) is 0.616. The molecule has 0 unspecified atom stereocenters. The van der Waals surface area contributed by atoms with Gasteiger partial charge in [-0.2, -0.15) is 0 Å². The van der Waals surface area contributed by atoms with Crippen molar-refractivity contribution >= 4 is 21.9 Å². The highest BCUT2D eigenvalue weighted by Gasteiger charge is 2.25. The molecule has 0 N–H and O–H groups in total. The van der Waals surface area contributed by atoms with Crippen LogP contribution in [-0.4, -0.2) is 13.1 Å². The number of ether oxygens (including phenoxy) is 1. The fraction of sp³-hybridized carbons (Fsp3) is 0.462. The first-order chi connectivity index (χ1) is 7.74. The molecule has 1 aliphatic rings. The topological polar surface area (TPSA) is 26.3 Å². The van der Waals surface area contributed by atoms with Crippen molar-refractivity contribution in [1.82, 2.24) is 0 Å². The molecule has 0 spiro atoms. The van der Waals surface area contributed by atoms with Crippen LogP contribution in [0, 0.1) is 5.92 Å². The van der Waals surface area contributed by atoms with Gasteiger partial charge < -0.3 is 4.74 Å². The van der Waals surface area contributed by atoms with Crippen LogP contribution >= 0.6 is 15.9 Å². The predicted octanol–water partition coefficient (Wildman–Crippen LogP) is 2.86. The Hall–Kier alpha value is -0.830. The van der Waals surface area contributed by atoms with Gasteiger partial charge in [0, 0.05) is 5.33 Å². The lowest BCUT2D eigenvalue weighted by atomic mass is 9.83. The first-order valence-corrected chi connectivity index (χ1v) is 6.61. The van der Waals surface area contributed by atoms with Crippen molar-refractivity contribution in [3.8, 4) is 0 Å². The summed E-state index contributed by atoms with van der Waals surface area (Å²) in [5.74, 6) is -0.0254. The number of hydrogen-bond acceptors (Lipinski definition) is 2. The molecule has 86 valence electrons. The summed E-state index contributed by atoms with van der Waals surface area (Å²) in [6.45, 7) is 0. The second-order valence-corrected chi connectivity index (χ2v) is 4.76. The van der Waals surface area contributed by atoms with Crippen LogP contribution in [0.15, 0.2) is 18.2 Å². The Balaban J connectivity index is 2.18. The van der Waals surface area contributed by atoms with Crippen LogP contribution in [0.25, 0.3) is 0 Å². The first-order valence-electron chi connectivity index (χ1n) is 5.49. The van der Waals surface area contributed by atoms with E-state index in [1.807, 2.05) is 0 Å². The Kier molecular flexibility index (Phi) is 3.64. The lowest BCUT2D eigenvalue weighted by molar-refractivity contribution is -0.145. The zero-order valence-corrected chi connectivity index (χ0v) is 10.9. The number of methoxy groups -OCH3 is 1. The van der Waals surface area contributed by atoms with Gasteiger partial charge in [-0.25, -0.2) is 0 Å². The molecule has 2 rings (SSSR count). The highest BCUT2D eigenvalue weighted by Crippen LogP contribution is 2.27. The van der Waals surface area contributed by atoms with E-state index in [-0.39, 0.29) is 11.9 Å². The van der Waals surface area contributed by atoms with Gasteiger partial charge in [0.15, 0.2) is 0 Å². The number of fused-ring (bicyclic) bond motifs is 1. The highest BCUT2D eigenvalue weighted by atomic mass is 79.9. The molecule has 0 aliphatic heterocycles. The largest absolute Gasteiger partial charge is 0.469 e. The first kappa shape index (κ1) is 11.6. The fourth-order valence-electron chi connectivity index (χ4n) is 2.26. The van der Waals surface area contributed by atoms with Crippen molar-refractivity contribution < 1.29 is 9.53 Å². The summed E-state index contributed by atoms with van der Waals surface area (Å²) in [6, 6.07) is 6.49. The monoisotopic (exact) mass is 282 g/mol. The van der Waals surface area contributed by atoms with Gasteiger partial charge in [0.05, 0.1) is 13.0 Å². The lowest BCUT2D eigenvalue weighted by Crippen LogP contribution is -2.23. The number of aryl methyl sites for hydroxylation is 1. The van der Waals surface area contributed by atoms with E-state index in [1.54, 1.807) is 0 Å². The number of benzene rings is 1. The lowest BCUT2D eigenvalue weighted by Gasteiger charge is -2.23. The molecule has 0 amide bonds. The van der Waals surface area contributed by atoms with E-state index in [1.165, 1.54) is 23.8 Å². The molecule has 1 aliphatic carbocycles. The number of hydrogen-bond donors (Lipinski definition) is 0. The van der Waals surface area contributed by atoms with E-state index in [9.17, 15) is 4.79 Å². The summed E-state index contributed by atoms with van der Waals surface area (Å²) in [4.78, 5) is 11.5. The minimum atomic E-state index is -0.0739. The summed E-state index contributed by atoms with van der Waals surface area (Å²) in [7, 11) is 1.46. The number of rotatable bonds is 2. The Morgan fingerprint density at radius 2 is 2.31 bits per heavy atom. The maximum atomic E-state index is 11.5. The molecule has 1 aromatic carbocycles. The van der Waals surface area contributed by atoms with E-state index < -0.39 is 0 Å². The molecule has 0 fully saturated rings. The maximum Gasteiger partial charge on any atom is 0.309 e. The van der Waals surface area contributed by atoms with Crippen molar-refractivity contribution in [1.29, 1.82) is 0 Å². The van der Waals surface area contributed by atoms with Gasteiger partial charge in [0.25, 0.3) is 0 Å². The number of alkyl halides is 1. The van der Waals surface area contributed by atoms with Gasteiger partial charge in [-0.15, -0.1) is 0 Å². The molecule has 0 saturated carbocycles. The zero-order valence-electron chi connectivity index (χ0n) is 9.33. The molecule has 2 nitrogen and oxygen atoms in total. The number of carbonyl (C=O) groups is 1. The minimum Gasteiger partial charge on any atom is -0.469 e. The van der Waals surface area contributed by atoms with Crippen LogP contribution in [0.4, 0.5) is 0 Å². The van der Waals surface area contributed by atoms with Gasteiger partial charge in [-0.05, 0) is 36.0 Å². The average molecular weight is 283 g/mol. The Morgan fingerprint density at radius 3 is 3.00 bits per heavy atom. The second-order valence-electron chi connectivity index (χ2n) is 4.20. The summed E-state index contributed by atoms with van der Waals surface area (Å²) in [6.07, 6.45) is 2.71. The standard InChI is InChI=1S/C13H15BrO2/c1-16-13(15)12-5-4-10-6-9(8-14)2-3-11(10)7-12/h2-3,6,12H,4-5,7-8H2,1H3/t12-/m1/s1. The van der Waals surface area contributed by atoms with Gasteiger partial charge in [-0.3, -0.25) is 4.79 Å². The third kappa shape index (κ3) is 2.29. The Morgan fingerprint density at radius 1 is 1.50 bits per heavy atom. The zero-order chi connectivity index (χ0) is 11.5. The molecule has 0 aromatic heterocycles. The van der Waals surface area contributed by atoms with Crippen LogP contribution in [0.5, 0.6) is 0 Å². The molecule has 1 aromatic rings. The molecule has 1 atom stereocenters. The van der Waals surface area contributed by atoms with Crippen LogP contribution in [0.2, 0.25) is 0 Å². The van der Waals surface area contributed by atoms with Crippen molar-refractivity contribution in [3.05, 3.63) is 34.9 Å². The number of halogens is 1. The SMILES string of the molecule is COC(=O)[C@@H]1CCc2cc(CBr)ccc2C1. The highest BCUT2D eigenvalue weighted by molar-refractivity contribution is 9.08. The Bertz CT molecular complexity index is 401. The van der Waals surface area contributed by atoms with E-state index in [0.717, 1.165) is 24.6 Å². The summed E-state index contributed by atoms with van der Waals surface area (Å²) >= 11 is 3.46. The summed E-state index contributed by atoms with van der Waals surface area (Å²) in [5, 5.41) is 0.890. The fourth-order valence-corrected chi connectivity index (χ4v) is 2.61. The van der Waals surface area contributed by atoms with Gasteiger partial charge >= 0.3 is 5.97 Å². The smallest absolute Gasteiger partial charge is 0.309 e. The van der Waals surface area contributed by atoms with Gasteiger partial charge in [0.1, 0.15) is 0 Å². The number of esters is 1. The van der Waals surface area contributed by atoms with E-state index in [4.69, 9.17) is 4.74 Å². The van der Waals surface area contributed by atoms with Gasteiger partial charge in [0.2, 0.25) is 0 Å². The van der Waals surface area contributed by atoms with Crippen molar-refractivity contribution in [2.75, 3.05) is 7.11 Å². The summed E-state index contributed by atoms with van der Waals surface area (Å²) < 4.78 is 4.80. The van der Waals surface area contributed by atoms with Crippen LogP contribution < -0.4 is 0 Å². The predicted molar refractivity (Wildman–Crippen MR) is 66.6 cm³/mol. The van der Waals surface area contributed by atoms with Crippen molar-refractivity contribution in [2.45, 2.75) is 24.6 Å². The second kappa shape index (κ2) is 5.00. The van der Waals surface area contributed by atoms with Crippen molar-refractivity contribution in [3.63, 3.8) is 0 Å². The maximum absolute atomic E-state index is 11.5. The third-order valence-electron chi connectivity index (χ3n) is 3.19. The van der Waals surface area contributed by atoms with E-state index >= 15 is 0 Å². The molecule has 0 radical (unpaired) electrons. The molecule has 0 saturated heterocycles. The minimum absolute atomic E-state index is 0.0484. The van der Waals surface area contributed by atoms with Crippen LogP contribution in [-0.2, 0) is 27.7 Å². The Labute approximate surface area is 104 Å². The number of carbonyl (C=O) groups excluding carboxylic acids is 1. The molecule has 16 heavy (non-hydrogen) atoms. The normalized spacial score (nSPS) is 19.0. The average Bonchev–Trinajstić information content (AvgIpc) is 2.36. The third-order valence-corrected chi connectivity index (χ3v) is 3.84. The van der Waals surface area contributed by atoms with E-state index in [2.05, 4.69) is 34.1 Å². The molecule has 0 heterocycles. The van der Waals surface area contributed by atoms with E-state index in [0.29, 0.717) is 0 Å².